The Kier molecular flexibility index (Phi) is 30.2. The van der Waals surface area contributed by atoms with E-state index in [1.54, 1.807) is 0 Å². The van der Waals surface area contributed by atoms with Crippen molar-refractivity contribution in [1.29, 1.82) is 0 Å². The maximum Gasteiger partial charge on any atom is 0.305 e. The largest absolute Gasteiger partial charge is 0.463 e. The summed E-state index contributed by atoms with van der Waals surface area (Å²) in [6.07, 6.45) is 36.2. The molecule has 0 saturated carbocycles. The van der Waals surface area contributed by atoms with Gasteiger partial charge in [0.25, 0.3) is 0 Å². The van der Waals surface area contributed by atoms with Crippen LogP contribution in [0.5, 0.6) is 0 Å². The van der Waals surface area contributed by atoms with Crippen LogP contribution in [-0.4, -0.2) is 36.4 Å². The SMILES string of the molecule is CC/C=C\C/C=C\C/C=C\CCCCCCCC(=O)OC[C@H](O)COC(=O)CCCCCCCCCCCCC. The lowest BCUT2D eigenvalue weighted by Crippen LogP contribution is -2.25. The van der Waals surface area contributed by atoms with Gasteiger partial charge in [-0.15, -0.1) is 0 Å². The summed E-state index contributed by atoms with van der Waals surface area (Å²) in [4.78, 5) is 23.8. The first-order valence-electron chi connectivity index (χ1n) is 16.5. The van der Waals surface area contributed by atoms with Gasteiger partial charge in [0.1, 0.15) is 19.3 Å². The third-order valence-electron chi connectivity index (χ3n) is 6.89. The summed E-state index contributed by atoms with van der Waals surface area (Å²) in [5.41, 5.74) is 0. The van der Waals surface area contributed by atoms with E-state index in [0.717, 1.165) is 64.2 Å². The van der Waals surface area contributed by atoms with Crippen LogP contribution in [0.25, 0.3) is 0 Å². The minimum Gasteiger partial charge on any atom is -0.463 e. The molecule has 0 radical (unpaired) electrons. The first-order chi connectivity index (χ1) is 19.6. The maximum absolute atomic E-state index is 11.9. The smallest absolute Gasteiger partial charge is 0.305 e. The molecule has 0 aliphatic carbocycles. The summed E-state index contributed by atoms with van der Waals surface area (Å²) in [5.74, 6) is -0.586. The van der Waals surface area contributed by atoms with Gasteiger partial charge in [0.15, 0.2) is 0 Å². The molecule has 0 aromatic carbocycles. The van der Waals surface area contributed by atoms with E-state index in [1.807, 2.05) is 0 Å². The number of carbonyl (C=O) groups is 2. The van der Waals surface area contributed by atoms with Crippen LogP contribution in [0.4, 0.5) is 0 Å². The average Bonchev–Trinajstić information content (AvgIpc) is 2.95. The summed E-state index contributed by atoms with van der Waals surface area (Å²) < 4.78 is 10.3. The molecule has 0 saturated heterocycles. The van der Waals surface area contributed by atoms with E-state index in [1.165, 1.54) is 64.2 Å². The van der Waals surface area contributed by atoms with Crippen molar-refractivity contribution in [2.75, 3.05) is 13.2 Å². The lowest BCUT2D eigenvalue weighted by Gasteiger charge is -2.12. The molecule has 0 heterocycles. The number of carbonyl (C=O) groups excluding carboxylic acids is 2. The molecule has 0 aromatic heterocycles. The standard InChI is InChI=1S/C35H62O5/c1-3-5-7-9-11-13-15-16-17-18-20-22-24-26-28-30-35(38)40-32-33(36)31-39-34(37)29-27-25-23-21-19-14-12-10-8-6-4-2/h5,7,11,13,16-17,33,36H,3-4,6,8-10,12,14-15,18-32H2,1-2H3/b7-5-,13-11-,17-16-/t33-/m1/s1. The van der Waals surface area contributed by atoms with Crippen LogP contribution >= 0.6 is 0 Å². The molecule has 0 unspecified atom stereocenters. The van der Waals surface area contributed by atoms with Crippen LogP contribution in [0.3, 0.4) is 0 Å². The molecule has 0 fully saturated rings. The lowest BCUT2D eigenvalue weighted by molar-refractivity contribution is -0.152. The number of hydrogen-bond acceptors (Lipinski definition) is 5. The summed E-state index contributed by atoms with van der Waals surface area (Å²) in [7, 11) is 0. The highest BCUT2D eigenvalue weighted by Crippen LogP contribution is 2.12. The predicted octanol–water partition coefficient (Wildman–Crippen LogP) is 9.72. The van der Waals surface area contributed by atoms with Crippen molar-refractivity contribution >= 4 is 11.9 Å². The molecule has 0 spiro atoms. The Hall–Kier alpha value is -1.88. The fraction of sp³-hybridized carbons (Fsp3) is 0.771. The Morgan fingerprint density at radius 2 is 0.950 bits per heavy atom. The summed E-state index contributed by atoms with van der Waals surface area (Å²) in [6, 6.07) is 0. The molecular weight excluding hydrogens is 500 g/mol. The zero-order chi connectivity index (χ0) is 29.4. The zero-order valence-corrected chi connectivity index (χ0v) is 26.1. The number of ether oxygens (including phenoxy) is 2. The Labute approximate surface area is 246 Å². The van der Waals surface area contributed by atoms with Gasteiger partial charge in [-0.3, -0.25) is 9.59 Å². The number of allylic oxidation sites excluding steroid dienone is 6. The highest BCUT2D eigenvalue weighted by molar-refractivity contribution is 5.69. The first-order valence-corrected chi connectivity index (χ1v) is 16.5. The number of esters is 2. The summed E-state index contributed by atoms with van der Waals surface area (Å²) >= 11 is 0. The quantitative estimate of drug-likeness (QED) is 0.0558. The summed E-state index contributed by atoms with van der Waals surface area (Å²) in [6.45, 7) is 4.15. The molecule has 0 bridgehead atoms. The van der Waals surface area contributed by atoms with Crippen LogP contribution in [0.1, 0.15) is 155 Å². The number of aliphatic hydroxyl groups excluding tert-OH is 1. The minimum atomic E-state index is -0.966. The second-order valence-corrected chi connectivity index (χ2v) is 10.9. The van der Waals surface area contributed by atoms with Gasteiger partial charge in [0.2, 0.25) is 0 Å². The Morgan fingerprint density at radius 1 is 0.550 bits per heavy atom. The molecule has 232 valence electrons. The number of rotatable bonds is 29. The molecule has 1 N–H and O–H groups in total. The zero-order valence-electron chi connectivity index (χ0n) is 26.1. The molecule has 0 aromatic rings. The van der Waals surface area contributed by atoms with Gasteiger partial charge in [0, 0.05) is 12.8 Å². The Balaban J connectivity index is 3.48. The van der Waals surface area contributed by atoms with E-state index < -0.39 is 6.10 Å². The van der Waals surface area contributed by atoms with Gasteiger partial charge < -0.3 is 14.6 Å². The van der Waals surface area contributed by atoms with Crippen LogP contribution < -0.4 is 0 Å². The highest BCUT2D eigenvalue weighted by Gasteiger charge is 2.12. The first kappa shape index (κ1) is 38.1. The van der Waals surface area contributed by atoms with Crippen molar-refractivity contribution in [3.05, 3.63) is 36.5 Å². The molecule has 1 atom stereocenters. The number of unbranched alkanes of at least 4 members (excludes halogenated alkanes) is 15. The third kappa shape index (κ3) is 30.7. The average molecular weight is 563 g/mol. The van der Waals surface area contributed by atoms with E-state index in [9.17, 15) is 14.7 Å². The van der Waals surface area contributed by atoms with Crippen molar-refractivity contribution in [1.82, 2.24) is 0 Å². The van der Waals surface area contributed by atoms with Crippen molar-refractivity contribution in [2.45, 2.75) is 161 Å². The molecular formula is C35H62O5. The molecule has 0 aliphatic rings. The minimum absolute atomic E-state index is 0.120. The highest BCUT2D eigenvalue weighted by atomic mass is 16.6. The van der Waals surface area contributed by atoms with E-state index in [0.29, 0.717) is 12.8 Å². The molecule has 0 aliphatic heterocycles. The van der Waals surface area contributed by atoms with Crippen LogP contribution in [0.2, 0.25) is 0 Å². The van der Waals surface area contributed by atoms with E-state index in [2.05, 4.69) is 50.3 Å². The van der Waals surface area contributed by atoms with Gasteiger partial charge in [0.05, 0.1) is 0 Å². The predicted molar refractivity (Wildman–Crippen MR) is 168 cm³/mol. The monoisotopic (exact) mass is 562 g/mol. The van der Waals surface area contributed by atoms with Gasteiger partial charge >= 0.3 is 11.9 Å². The second-order valence-electron chi connectivity index (χ2n) is 10.9. The van der Waals surface area contributed by atoms with Crippen LogP contribution in [0, 0.1) is 0 Å². The fourth-order valence-electron chi connectivity index (χ4n) is 4.39. The second kappa shape index (κ2) is 31.6. The molecule has 40 heavy (non-hydrogen) atoms. The van der Waals surface area contributed by atoms with Gasteiger partial charge in [-0.25, -0.2) is 0 Å². The van der Waals surface area contributed by atoms with E-state index >= 15 is 0 Å². The fourth-order valence-corrected chi connectivity index (χ4v) is 4.39. The van der Waals surface area contributed by atoms with Crippen molar-refractivity contribution in [3.8, 4) is 0 Å². The third-order valence-corrected chi connectivity index (χ3v) is 6.89. The summed E-state index contributed by atoms with van der Waals surface area (Å²) in [5, 5.41) is 9.94. The van der Waals surface area contributed by atoms with Gasteiger partial charge in [-0.2, -0.15) is 0 Å². The van der Waals surface area contributed by atoms with E-state index in [4.69, 9.17) is 9.47 Å². The van der Waals surface area contributed by atoms with Crippen molar-refractivity contribution < 1.29 is 24.2 Å². The van der Waals surface area contributed by atoms with Crippen molar-refractivity contribution in [2.24, 2.45) is 0 Å². The Morgan fingerprint density at radius 3 is 1.43 bits per heavy atom. The van der Waals surface area contributed by atoms with Gasteiger partial charge in [-0.05, 0) is 44.9 Å². The normalized spacial score (nSPS) is 12.6. The topological polar surface area (TPSA) is 72.8 Å². The molecule has 5 heteroatoms. The van der Waals surface area contributed by atoms with Crippen LogP contribution in [0.15, 0.2) is 36.5 Å². The Bertz CT molecular complexity index is 652. The molecule has 0 rings (SSSR count). The van der Waals surface area contributed by atoms with Crippen molar-refractivity contribution in [3.63, 3.8) is 0 Å². The maximum atomic E-state index is 11.9. The molecule has 0 amide bonds. The number of hydrogen-bond donors (Lipinski definition) is 1. The van der Waals surface area contributed by atoms with Gasteiger partial charge in [-0.1, -0.05) is 134 Å². The molecule has 5 nitrogen and oxygen atoms in total. The lowest BCUT2D eigenvalue weighted by atomic mass is 10.1. The van der Waals surface area contributed by atoms with Crippen LogP contribution in [-0.2, 0) is 19.1 Å². The van der Waals surface area contributed by atoms with E-state index in [-0.39, 0.29) is 25.2 Å². The number of aliphatic hydroxyl groups is 1.